The third-order valence-corrected chi connectivity index (χ3v) is 4.60. The summed E-state index contributed by atoms with van der Waals surface area (Å²) in [4.78, 5) is 16.6. The molecular weight excluding hydrogens is 282 g/mol. The van der Waals surface area contributed by atoms with Crippen molar-refractivity contribution >= 4 is 28.7 Å². The highest BCUT2D eigenvalue weighted by molar-refractivity contribution is 7.99. The number of amides is 1. The number of fused-ring (bicyclic) bond motifs is 1. The largest absolute Gasteiger partial charge is 0.353 e. The van der Waals surface area contributed by atoms with E-state index in [1.807, 2.05) is 18.2 Å². The molecule has 114 valence electrons. The lowest BCUT2D eigenvalue weighted by molar-refractivity contribution is -0.119. The van der Waals surface area contributed by atoms with E-state index in [2.05, 4.69) is 41.7 Å². The topological polar surface area (TPSA) is 46.9 Å². The maximum Gasteiger partial charge on any atom is 0.230 e. The summed E-state index contributed by atoms with van der Waals surface area (Å²) < 4.78 is 2.16. The average molecular weight is 305 g/mol. The molecule has 0 saturated carbocycles. The molecule has 0 aliphatic rings. The van der Waals surface area contributed by atoms with E-state index >= 15 is 0 Å². The number of carbonyl (C=O) groups excluding carboxylic acids is 1. The summed E-state index contributed by atoms with van der Waals surface area (Å²) in [5, 5.41) is 3.98. The summed E-state index contributed by atoms with van der Waals surface area (Å²) in [6.07, 6.45) is 1.95. The molecule has 1 aromatic heterocycles. The average Bonchev–Trinajstić information content (AvgIpc) is 2.88. The Bertz CT molecular complexity index is 605. The fraction of sp³-hybridized carbons (Fsp3) is 0.500. The Morgan fingerprint density at radius 2 is 2.00 bits per heavy atom. The standard InChI is InChI=1S/C16H23N3OS/c1-4-12(5-2)17-15(20)11-21-16-18-13-9-7-8-10-14(13)19(16)6-3/h7-10,12H,4-6,11H2,1-3H3,(H,17,20). The molecule has 0 fully saturated rings. The second kappa shape index (κ2) is 7.50. The molecule has 0 aliphatic heterocycles. The predicted octanol–water partition coefficient (Wildman–Crippen LogP) is 3.45. The Morgan fingerprint density at radius 3 is 2.67 bits per heavy atom. The van der Waals surface area contributed by atoms with Gasteiger partial charge in [0.05, 0.1) is 16.8 Å². The maximum absolute atomic E-state index is 12.0. The first-order valence-corrected chi connectivity index (χ1v) is 8.55. The van der Waals surface area contributed by atoms with E-state index in [9.17, 15) is 4.79 Å². The summed E-state index contributed by atoms with van der Waals surface area (Å²) in [7, 11) is 0. The number of nitrogens with zero attached hydrogens (tertiary/aromatic N) is 2. The van der Waals surface area contributed by atoms with E-state index in [1.54, 1.807) is 0 Å². The van der Waals surface area contributed by atoms with E-state index in [0.717, 1.165) is 35.6 Å². The molecule has 0 unspecified atom stereocenters. The second-order valence-electron chi connectivity index (χ2n) is 5.00. The van der Waals surface area contributed by atoms with Gasteiger partial charge in [0.2, 0.25) is 5.91 Å². The van der Waals surface area contributed by atoms with Crippen LogP contribution in [0.3, 0.4) is 0 Å². The second-order valence-corrected chi connectivity index (χ2v) is 5.94. The van der Waals surface area contributed by atoms with Crippen molar-refractivity contribution in [3.63, 3.8) is 0 Å². The van der Waals surface area contributed by atoms with Crippen LogP contribution in [0.15, 0.2) is 29.4 Å². The van der Waals surface area contributed by atoms with Crippen molar-refractivity contribution in [1.29, 1.82) is 0 Å². The number of aromatic nitrogens is 2. The van der Waals surface area contributed by atoms with Crippen LogP contribution >= 0.6 is 11.8 Å². The van der Waals surface area contributed by atoms with Gasteiger partial charge in [0.25, 0.3) is 0 Å². The van der Waals surface area contributed by atoms with Crippen LogP contribution in [-0.2, 0) is 11.3 Å². The number of aryl methyl sites for hydroxylation is 1. The molecule has 1 aromatic carbocycles. The molecule has 0 aliphatic carbocycles. The lowest BCUT2D eigenvalue weighted by Gasteiger charge is -2.14. The predicted molar refractivity (Wildman–Crippen MR) is 88.6 cm³/mol. The number of nitrogens with one attached hydrogen (secondary N) is 1. The van der Waals surface area contributed by atoms with Crippen LogP contribution in [0, 0.1) is 0 Å². The Kier molecular flexibility index (Phi) is 5.67. The smallest absolute Gasteiger partial charge is 0.230 e. The molecule has 21 heavy (non-hydrogen) atoms. The number of imidazole rings is 1. The minimum atomic E-state index is 0.0865. The van der Waals surface area contributed by atoms with Gasteiger partial charge < -0.3 is 9.88 Å². The molecule has 1 amide bonds. The summed E-state index contributed by atoms with van der Waals surface area (Å²) >= 11 is 1.51. The van der Waals surface area contributed by atoms with Crippen LogP contribution in [0.5, 0.6) is 0 Å². The molecule has 1 N–H and O–H groups in total. The van der Waals surface area contributed by atoms with Crippen LogP contribution in [0.1, 0.15) is 33.6 Å². The highest BCUT2D eigenvalue weighted by Gasteiger charge is 2.13. The first-order chi connectivity index (χ1) is 10.2. The van der Waals surface area contributed by atoms with Gasteiger partial charge in [0.1, 0.15) is 0 Å². The molecule has 0 atom stereocenters. The van der Waals surface area contributed by atoms with Crippen molar-refractivity contribution in [3.05, 3.63) is 24.3 Å². The maximum atomic E-state index is 12.0. The van der Waals surface area contributed by atoms with Crippen molar-refractivity contribution < 1.29 is 4.79 Å². The SMILES string of the molecule is CCC(CC)NC(=O)CSc1nc2ccccc2n1CC. The van der Waals surface area contributed by atoms with Gasteiger partial charge in [-0.1, -0.05) is 37.7 Å². The first kappa shape index (κ1) is 15.9. The highest BCUT2D eigenvalue weighted by atomic mass is 32.2. The summed E-state index contributed by atoms with van der Waals surface area (Å²) in [6, 6.07) is 8.37. The zero-order valence-electron chi connectivity index (χ0n) is 12.9. The molecule has 0 bridgehead atoms. The van der Waals surface area contributed by atoms with Gasteiger partial charge in [0, 0.05) is 12.6 Å². The Balaban J connectivity index is 2.04. The zero-order valence-corrected chi connectivity index (χ0v) is 13.7. The fourth-order valence-corrected chi connectivity index (χ4v) is 3.25. The van der Waals surface area contributed by atoms with Gasteiger partial charge >= 0.3 is 0 Å². The molecule has 0 radical (unpaired) electrons. The van der Waals surface area contributed by atoms with Gasteiger partial charge in [0.15, 0.2) is 5.16 Å². The third-order valence-electron chi connectivity index (χ3n) is 3.62. The van der Waals surface area contributed by atoms with Crippen LogP contribution in [0.2, 0.25) is 0 Å². The summed E-state index contributed by atoms with van der Waals surface area (Å²) in [6.45, 7) is 7.15. The quantitative estimate of drug-likeness (QED) is 0.797. The number of benzene rings is 1. The van der Waals surface area contributed by atoms with Gasteiger partial charge in [-0.05, 0) is 31.9 Å². The molecule has 0 spiro atoms. The fourth-order valence-electron chi connectivity index (χ4n) is 2.36. The molecule has 2 aromatic rings. The first-order valence-electron chi connectivity index (χ1n) is 7.56. The molecule has 0 saturated heterocycles. The molecule has 2 rings (SSSR count). The number of para-hydroxylation sites is 2. The van der Waals surface area contributed by atoms with Crippen LogP contribution in [-0.4, -0.2) is 27.3 Å². The molecule has 4 nitrogen and oxygen atoms in total. The number of hydrogen-bond donors (Lipinski definition) is 1. The monoisotopic (exact) mass is 305 g/mol. The van der Waals surface area contributed by atoms with E-state index in [0.29, 0.717) is 5.75 Å². The van der Waals surface area contributed by atoms with E-state index in [1.165, 1.54) is 11.8 Å². The molecular formula is C16H23N3OS. The van der Waals surface area contributed by atoms with Crippen molar-refractivity contribution in [2.75, 3.05) is 5.75 Å². The van der Waals surface area contributed by atoms with E-state index < -0.39 is 0 Å². The third kappa shape index (κ3) is 3.79. The number of hydrogen-bond acceptors (Lipinski definition) is 3. The molecule has 5 heteroatoms. The van der Waals surface area contributed by atoms with Crippen LogP contribution in [0.25, 0.3) is 11.0 Å². The molecule has 1 heterocycles. The Hall–Kier alpha value is -1.49. The zero-order chi connectivity index (χ0) is 15.2. The minimum absolute atomic E-state index is 0.0865. The van der Waals surface area contributed by atoms with E-state index in [-0.39, 0.29) is 11.9 Å². The lowest BCUT2D eigenvalue weighted by Crippen LogP contribution is -2.35. The summed E-state index contributed by atoms with van der Waals surface area (Å²) in [5.41, 5.74) is 2.12. The van der Waals surface area contributed by atoms with E-state index in [4.69, 9.17) is 0 Å². The van der Waals surface area contributed by atoms with Crippen molar-refractivity contribution in [2.24, 2.45) is 0 Å². The van der Waals surface area contributed by atoms with Crippen molar-refractivity contribution in [2.45, 2.75) is 51.4 Å². The number of carbonyl (C=O) groups is 1. The Morgan fingerprint density at radius 1 is 1.29 bits per heavy atom. The minimum Gasteiger partial charge on any atom is -0.353 e. The lowest BCUT2D eigenvalue weighted by atomic mass is 10.2. The normalized spacial score (nSPS) is 11.2. The van der Waals surface area contributed by atoms with Gasteiger partial charge in [-0.25, -0.2) is 4.98 Å². The van der Waals surface area contributed by atoms with Crippen LogP contribution < -0.4 is 5.32 Å². The summed E-state index contributed by atoms with van der Waals surface area (Å²) in [5.74, 6) is 0.503. The number of thioether (sulfide) groups is 1. The van der Waals surface area contributed by atoms with Crippen molar-refractivity contribution in [1.82, 2.24) is 14.9 Å². The highest BCUT2D eigenvalue weighted by Crippen LogP contribution is 2.23. The van der Waals surface area contributed by atoms with Gasteiger partial charge in [-0.3, -0.25) is 4.79 Å². The van der Waals surface area contributed by atoms with Gasteiger partial charge in [-0.2, -0.15) is 0 Å². The van der Waals surface area contributed by atoms with Crippen LogP contribution in [0.4, 0.5) is 0 Å². The number of rotatable bonds is 7. The van der Waals surface area contributed by atoms with Crippen molar-refractivity contribution in [3.8, 4) is 0 Å². The Labute approximate surface area is 130 Å². The van der Waals surface area contributed by atoms with Gasteiger partial charge in [-0.15, -0.1) is 0 Å².